The summed E-state index contributed by atoms with van der Waals surface area (Å²) < 4.78 is 10.4. The molecule has 0 saturated heterocycles. The summed E-state index contributed by atoms with van der Waals surface area (Å²) in [6.07, 6.45) is 0. The van der Waals surface area contributed by atoms with E-state index < -0.39 is 5.97 Å². The molecule has 0 bridgehead atoms. The Hall–Kier alpha value is -3.15. The lowest BCUT2D eigenvalue weighted by molar-refractivity contribution is 0.0602. The van der Waals surface area contributed by atoms with E-state index in [4.69, 9.17) is 9.15 Å². The van der Waals surface area contributed by atoms with Gasteiger partial charge in [-0.25, -0.2) is 4.79 Å². The molecule has 1 heterocycles. The van der Waals surface area contributed by atoms with Crippen LogP contribution in [0.4, 0.5) is 5.69 Å². The molecular formula is C17H15N3O3. The maximum absolute atomic E-state index is 11.7. The van der Waals surface area contributed by atoms with E-state index in [1.165, 1.54) is 7.11 Å². The number of hydrogen-bond acceptors (Lipinski definition) is 6. The molecular weight excluding hydrogens is 294 g/mol. The number of methoxy groups -OCH3 is 1. The number of hydrogen-bond donors (Lipinski definition) is 1. The van der Waals surface area contributed by atoms with Gasteiger partial charge in [-0.1, -0.05) is 30.3 Å². The first kappa shape index (κ1) is 14.8. The van der Waals surface area contributed by atoms with E-state index in [9.17, 15) is 4.79 Å². The van der Waals surface area contributed by atoms with Gasteiger partial charge in [0.05, 0.1) is 19.2 Å². The van der Waals surface area contributed by atoms with Gasteiger partial charge < -0.3 is 14.5 Å². The van der Waals surface area contributed by atoms with Crippen LogP contribution in [-0.4, -0.2) is 23.3 Å². The number of nitrogens with one attached hydrogen (secondary N) is 1. The summed E-state index contributed by atoms with van der Waals surface area (Å²) in [4.78, 5) is 11.7. The van der Waals surface area contributed by atoms with Crippen LogP contribution in [0.3, 0.4) is 0 Å². The van der Waals surface area contributed by atoms with Gasteiger partial charge in [-0.05, 0) is 24.3 Å². The minimum absolute atomic E-state index is 0.313. The van der Waals surface area contributed by atoms with Crippen LogP contribution in [0.1, 0.15) is 16.2 Å². The Bertz CT molecular complexity index is 800. The zero-order valence-electron chi connectivity index (χ0n) is 12.5. The number of carbonyl (C=O) groups is 1. The number of carbonyl (C=O) groups excluding carboxylic acids is 1. The predicted octanol–water partition coefficient (Wildman–Crippen LogP) is 3.14. The van der Waals surface area contributed by atoms with Crippen molar-refractivity contribution in [2.75, 3.05) is 12.4 Å². The number of anilines is 1. The molecule has 0 aliphatic heterocycles. The normalized spacial score (nSPS) is 10.3. The molecule has 0 atom stereocenters. The Kier molecular flexibility index (Phi) is 4.33. The van der Waals surface area contributed by atoms with Gasteiger partial charge in [0.1, 0.15) is 0 Å². The van der Waals surface area contributed by atoms with Crippen LogP contribution in [0, 0.1) is 0 Å². The smallest absolute Gasteiger partial charge is 0.339 e. The van der Waals surface area contributed by atoms with E-state index >= 15 is 0 Å². The Labute approximate surface area is 133 Å². The molecule has 0 unspecified atom stereocenters. The maximum Gasteiger partial charge on any atom is 0.339 e. The zero-order valence-corrected chi connectivity index (χ0v) is 12.5. The lowest BCUT2D eigenvalue weighted by Gasteiger charge is -2.08. The molecule has 116 valence electrons. The first-order valence-corrected chi connectivity index (χ1v) is 7.07. The molecule has 3 rings (SSSR count). The van der Waals surface area contributed by atoms with E-state index in [1.54, 1.807) is 18.2 Å². The third-order valence-corrected chi connectivity index (χ3v) is 3.25. The number of para-hydroxylation sites is 1. The summed E-state index contributed by atoms with van der Waals surface area (Å²) in [6, 6.07) is 16.6. The molecule has 0 fully saturated rings. The highest BCUT2D eigenvalue weighted by atomic mass is 16.5. The van der Waals surface area contributed by atoms with Crippen molar-refractivity contribution < 1.29 is 13.9 Å². The van der Waals surface area contributed by atoms with Gasteiger partial charge in [0.15, 0.2) is 0 Å². The SMILES string of the molecule is COC(=O)c1ccccc1NCc1nnc(-c2ccccc2)o1. The van der Waals surface area contributed by atoms with Gasteiger partial charge in [0.2, 0.25) is 11.8 Å². The molecule has 6 nitrogen and oxygen atoms in total. The molecule has 0 amide bonds. The van der Waals surface area contributed by atoms with Crippen molar-refractivity contribution in [2.24, 2.45) is 0 Å². The third kappa shape index (κ3) is 3.37. The number of ether oxygens (including phenoxy) is 1. The van der Waals surface area contributed by atoms with Crippen molar-refractivity contribution in [3.8, 4) is 11.5 Å². The molecule has 0 saturated carbocycles. The first-order chi connectivity index (χ1) is 11.3. The molecule has 0 radical (unpaired) electrons. The predicted molar refractivity (Wildman–Crippen MR) is 84.8 cm³/mol. The Morgan fingerprint density at radius 1 is 1.09 bits per heavy atom. The first-order valence-electron chi connectivity index (χ1n) is 7.07. The van der Waals surface area contributed by atoms with Gasteiger partial charge in [-0.2, -0.15) is 0 Å². The van der Waals surface area contributed by atoms with Crippen LogP contribution >= 0.6 is 0 Å². The summed E-state index contributed by atoms with van der Waals surface area (Å²) in [7, 11) is 1.35. The summed E-state index contributed by atoms with van der Waals surface area (Å²) in [5, 5.41) is 11.1. The molecule has 2 aromatic carbocycles. The molecule has 0 aliphatic rings. The average molecular weight is 309 g/mol. The highest BCUT2D eigenvalue weighted by Crippen LogP contribution is 2.19. The fourth-order valence-electron chi connectivity index (χ4n) is 2.12. The van der Waals surface area contributed by atoms with Crippen molar-refractivity contribution in [1.82, 2.24) is 10.2 Å². The van der Waals surface area contributed by atoms with E-state index in [0.29, 0.717) is 29.6 Å². The molecule has 1 N–H and O–H groups in total. The van der Waals surface area contributed by atoms with Crippen LogP contribution in [0.15, 0.2) is 59.0 Å². The van der Waals surface area contributed by atoms with Gasteiger partial charge in [0.25, 0.3) is 0 Å². The second-order valence-electron chi connectivity index (χ2n) is 4.76. The molecule has 1 aromatic heterocycles. The van der Waals surface area contributed by atoms with Crippen molar-refractivity contribution >= 4 is 11.7 Å². The fraction of sp³-hybridized carbons (Fsp3) is 0.118. The topological polar surface area (TPSA) is 77.2 Å². The number of rotatable bonds is 5. The van der Waals surface area contributed by atoms with Gasteiger partial charge in [0, 0.05) is 11.3 Å². The summed E-state index contributed by atoms with van der Waals surface area (Å²) in [5.74, 6) is 0.496. The second kappa shape index (κ2) is 6.74. The number of aromatic nitrogens is 2. The Morgan fingerprint density at radius 2 is 1.83 bits per heavy atom. The van der Waals surface area contributed by atoms with E-state index in [1.807, 2.05) is 36.4 Å². The molecule has 23 heavy (non-hydrogen) atoms. The van der Waals surface area contributed by atoms with Gasteiger partial charge >= 0.3 is 5.97 Å². The molecule has 6 heteroatoms. The summed E-state index contributed by atoms with van der Waals surface area (Å²) in [6.45, 7) is 0.313. The van der Waals surface area contributed by atoms with E-state index in [2.05, 4.69) is 15.5 Å². The number of nitrogens with zero attached hydrogens (tertiary/aromatic N) is 2. The lowest BCUT2D eigenvalue weighted by Crippen LogP contribution is -2.08. The largest absolute Gasteiger partial charge is 0.465 e. The second-order valence-corrected chi connectivity index (χ2v) is 4.76. The molecule has 0 spiro atoms. The number of benzene rings is 2. The van der Waals surface area contributed by atoms with Gasteiger partial charge in [-0.3, -0.25) is 0 Å². The summed E-state index contributed by atoms with van der Waals surface area (Å²) >= 11 is 0. The standard InChI is InChI=1S/C17H15N3O3/c1-22-17(21)13-9-5-6-10-14(13)18-11-15-19-20-16(23-15)12-7-3-2-4-8-12/h2-10,18H,11H2,1H3. The fourth-order valence-corrected chi connectivity index (χ4v) is 2.12. The van der Waals surface area contributed by atoms with Crippen molar-refractivity contribution in [1.29, 1.82) is 0 Å². The van der Waals surface area contributed by atoms with Crippen LogP contribution in [0.25, 0.3) is 11.5 Å². The highest BCUT2D eigenvalue weighted by Gasteiger charge is 2.12. The zero-order chi connectivity index (χ0) is 16.1. The average Bonchev–Trinajstić information content (AvgIpc) is 3.09. The van der Waals surface area contributed by atoms with Crippen molar-refractivity contribution in [3.63, 3.8) is 0 Å². The third-order valence-electron chi connectivity index (χ3n) is 3.25. The number of esters is 1. The molecule has 3 aromatic rings. The quantitative estimate of drug-likeness (QED) is 0.730. The van der Waals surface area contributed by atoms with Crippen LogP contribution in [0.2, 0.25) is 0 Å². The molecule has 0 aliphatic carbocycles. The Morgan fingerprint density at radius 3 is 2.61 bits per heavy atom. The maximum atomic E-state index is 11.7. The van der Waals surface area contributed by atoms with Crippen molar-refractivity contribution in [3.05, 3.63) is 66.1 Å². The minimum atomic E-state index is -0.399. The van der Waals surface area contributed by atoms with Crippen LogP contribution < -0.4 is 5.32 Å². The monoisotopic (exact) mass is 309 g/mol. The Balaban J connectivity index is 1.73. The van der Waals surface area contributed by atoms with Gasteiger partial charge in [-0.15, -0.1) is 10.2 Å². The van der Waals surface area contributed by atoms with Crippen LogP contribution in [-0.2, 0) is 11.3 Å². The lowest BCUT2D eigenvalue weighted by atomic mass is 10.2. The van der Waals surface area contributed by atoms with E-state index in [0.717, 1.165) is 5.56 Å². The van der Waals surface area contributed by atoms with E-state index in [-0.39, 0.29) is 0 Å². The highest BCUT2D eigenvalue weighted by molar-refractivity contribution is 5.95. The summed E-state index contributed by atoms with van der Waals surface area (Å²) in [5.41, 5.74) is 1.97. The van der Waals surface area contributed by atoms with Crippen molar-refractivity contribution in [2.45, 2.75) is 6.54 Å². The van der Waals surface area contributed by atoms with Crippen LogP contribution in [0.5, 0.6) is 0 Å². The minimum Gasteiger partial charge on any atom is -0.465 e.